The molecule has 0 bridgehead atoms. The molecular formula is C19H29N7O5. The lowest BCUT2D eigenvalue weighted by Crippen LogP contribution is -2.41. The smallest absolute Gasteiger partial charge is 0.326 e. The molecule has 170 valence electrons. The second kappa shape index (κ2) is 11.1. The van der Waals surface area contributed by atoms with E-state index < -0.39 is 23.9 Å². The summed E-state index contributed by atoms with van der Waals surface area (Å²) in [5.41, 5.74) is 13.2. The zero-order chi connectivity index (χ0) is 23.0. The van der Waals surface area contributed by atoms with Gasteiger partial charge in [0.05, 0.1) is 5.39 Å². The maximum Gasteiger partial charge on any atom is 0.326 e. The summed E-state index contributed by atoms with van der Waals surface area (Å²) >= 11 is 0. The van der Waals surface area contributed by atoms with Crippen molar-refractivity contribution in [2.24, 2.45) is 0 Å². The van der Waals surface area contributed by atoms with E-state index in [4.69, 9.17) is 21.7 Å². The molecule has 31 heavy (non-hydrogen) atoms. The molecule has 0 spiro atoms. The molecule has 2 aromatic rings. The molecule has 2 rings (SSSR count). The minimum atomic E-state index is -1.24. The maximum absolute atomic E-state index is 12.0. The van der Waals surface area contributed by atoms with Gasteiger partial charge in [-0.3, -0.25) is 9.59 Å². The van der Waals surface area contributed by atoms with Crippen LogP contribution in [0.4, 0.5) is 11.8 Å². The predicted molar refractivity (Wildman–Crippen MR) is 114 cm³/mol. The van der Waals surface area contributed by atoms with Crippen molar-refractivity contribution in [1.82, 2.24) is 25.2 Å². The third-order valence-corrected chi connectivity index (χ3v) is 4.96. The van der Waals surface area contributed by atoms with E-state index in [9.17, 15) is 14.4 Å². The van der Waals surface area contributed by atoms with E-state index in [2.05, 4.69) is 25.2 Å². The SMILES string of the molecule is CCN(CCCC(=O)N[C@@H](CCC(=O)O)C(=O)O)CCc1c[nH]c2nc(N)nc(N)c12. The molecule has 0 aliphatic rings. The van der Waals surface area contributed by atoms with Crippen LogP contribution in [-0.2, 0) is 20.8 Å². The molecule has 1 amide bonds. The predicted octanol–water partition coefficient (Wildman–Crippen LogP) is 0.201. The van der Waals surface area contributed by atoms with Gasteiger partial charge < -0.3 is 36.9 Å². The van der Waals surface area contributed by atoms with Gasteiger partial charge in [-0.15, -0.1) is 0 Å². The highest BCUT2D eigenvalue weighted by Gasteiger charge is 2.20. The van der Waals surface area contributed by atoms with Crippen LogP contribution in [-0.4, -0.2) is 73.6 Å². The average Bonchev–Trinajstić information content (AvgIpc) is 3.10. The number of rotatable bonds is 13. The number of aliphatic carboxylic acids is 2. The summed E-state index contributed by atoms with van der Waals surface area (Å²) in [5.74, 6) is -2.32. The minimum absolute atomic E-state index is 0.111. The van der Waals surface area contributed by atoms with Gasteiger partial charge in [0.2, 0.25) is 11.9 Å². The summed E-state index contributed by atoms with van der Waals surface area (Å²) in [6, 6.07) is -1.20. The first-order valence-electron chi connectivity index (χ1n) is 10.1. The van der Waals surface area contributed by atoms with E-state index in [1.165, 1.54) is 0 Å². The number of H-pyrrole nitrogens is 1. The number of nitrogens with two attached hydrogens (primary N) is 2. The second-order valence-electron chi connectivity index (χ2n) is 7.18. The van der Waals surface area contributed by atoms with Crippen molar-refractivity contribution in [3.63, 3.8) is 0 Å². The normalized spacial score (nSPS) is 12.2. The third-order valence-electron chi connectivity index (χ3n) is 4.96. The van der Waals surface area contributed by atoms with Crippen LogP contribution in [0, 0.1) is 0 Å². The number of fused-ring (bicyclic) bond motifs is 1. The second-order valence-corrected chi connectivity index (χ2v) is 7.18. The molecule has 0 unspecified atom stereocenters. The number of amides is 1. The van der Waals surface area contributed by atoms with Gasteiger partial charge in [0, 0.05) is 25.6 Å². The number of hydrogen-bond acceptors (Lipinski definition) is 8. The van der Waals surface area contributed by atoms with E-state index in [0.29, 0.717) is 30.9 Å². The lowest BCUT2D eigenvalue weighted by atomic mass is 10.1. The van der Waals surface area contributed by atoms with Crippen LogP contribution in [0.1, 0.15) is 38.2 Å². The van der Waals surface area contributed by atoms with Gasteiger partial charge in [0.25, 0.3) is 0 Å². The topological polar surface area (TPSA) is 201 Å². The Balaban J connectivity index is 1.81. The Bertz CT molecular complexity index is 930. The number of aromatic nitrogens is 3. The van der Waals surface area contributed by atoms with Gasteiger partial charge in [-0.1, -0.05) is 6.92 Å². The van der Waals surface area contributed by atoms with E-state index >= 15 is 0 Å². The van der Waals surface area contributed by atoms with E-state index in [1.807, 2.05) is 13.1 Å². The fourth-order valence-electron chi connectivity index (χ4n) is 3.30. The van der Waals surface area contributed by atoms with Crippen molar-refractivity contribution in [2.75, 3.05) is 31.1 Å². The molecule has 8 N–H and O–H groups in total. The van der Waals surface area contributed by atoms with Crippen molar-refractivity contribution < 1.29 is 24.6 Å². The summed E-state index contributed by atoms with van der Waals surface area (Å²) in [7, 11) is 0. The largest absolute Gasteiger partial charge is 0.481 e. The number of aromatic amines is 1. The molecule has 1 atom stereocenters. The summed E-state index contributed by atoms with van der Waals surface area (Å²) in [6.07, 6.45) is 2.76. The monoisotopic (exact) mass is 435 g/mol. The fraction of sp³-hybridized carbons (Fsp3) is 0.526. The first-order chi connectivity index (χ1) is 14.7. The first-order valence-corrected chi connectivity index (χ1v) is 10.1. The summed E-state index contributed by atoms with van der Waals surface area (Å²) in [5, 5.41) is 20.9. The maximum atomic E-state index is 12.0. The number of nitrogens with one attached hydrogen (secondary N) is 2. The third kappa shape index (κ3) is 7.10. The number of carboxylic acids is 2. The highest BCUT2D eigenvalue weighted by Crippen LogP contribution is 2.23. The van der Waals surface area contributed by atoms with Crippen LogP contribution in [0.3, 0.4) is 0 Å². The molecule has 12 heteroatoms. The van der Waals surface area contributed by atoms with Crippen LogP contribution >= 0.6 is 0 Å². The van der Waals surface area contributed by atoms with Gasteiger partial charge in [-0.05, 0) is 37.9 Å². The summed E-state index contributed by atoms with van der Waals surface area (Å²) in [6.45, 7) is 4.17. The molecule has 0 aromatic carbocycles. The van der Waals surface area contributed by atoms with Crippen molar-refractivity contribution >= 4 is 40.6 Å². The van der Waals surface area contributed by atoms with Crippen molar-refractivity contribution in [3.8, 4) is 0 Å². The molecule has 0 saturated carbocycles. The van der Waals surface area contributed by atoms with Gasteiger partial charge >= 0.3 is 11.9 Å². The van der Waals surface area contributed by atoms with Gasteiger partial charge in [-0.25, -0.2) is 4.79 Å². The van der Waals surface area contributed by atoms with Gasteiger partial charge in [0.1, 0.15) is 17.5 Å². The molecule has 2 aromatic heterocycles. The molecular weight excluding hydrogens is 406 g/mol. The van der Waals surface area contributed by atoms with Crippen LogP contribution in [0.2, 0.25) is 0 Å². The van der Waals surface area contributed by atoms with E-state index in [0.717, 1.165) is 24.0 Å². The number of anilines is 2. The standard InChI is InChI=1S/C19H29N7O5/c1-2-26(8-3-4-13(27)23-12(18(30)31)5-6-14(28)29)9-7-11-10-22-17-15(11)16(20)24-19(21)25-17/h10,12H,2-9H2,1H3,(H,23,27)(H,28,29)(H,30,31)(H5,20,21,22,24,25)/t12-/m0/s1. The Labute approximate surface area is 179 Å². The lowest BCUT2D eigenvalue weighted by molar-refractivity contribution is -0.143. The summed E-state index contributed by atoms with van der Waals surface area (Å²) in [4.78, 5) is 47.2. The van der Waals surface area contributed by atoms with Gasteiger partial charge in [0.15, 0.2) is 0 Å². The number of likely N-dealkylation sites (N-methyl/N-ethyl adjacent to an activating group) is 1. The molecule has 0 fully saturated rings. The zero-order valence-electron chi connectivity index (χ0n) is 17.4. The average molecular weight is 435 g/mol. The molecule has 0 aliphatic heterocycles. The highest BCUT2D eigenvalue weighted by molar-refractivity contribution is 5.90. The van der Waals surface area contributed by atoms with E-state index in [-0.39, 0.29) is 25.2 Å². The van der Waals surface area contributed by atoms with Crippen LogP contribution in [0.5, 0.6) is 0 Å². The highest BCUT2D eigenvalue weighted by atomic mass is 16.4. The Hall–Kier alpha value is -3.41. The molecule has 12 nitrogen and oxygen atoms in total. The fourth-order valence-corrected chi connectivity index (χ4v) is 3.30. The quantitative estimate of drug-likeness (QED) is 0.252. The molecule has 0 saturated heterocycles. The Kier molecular flexibility index (Phi) is 8.55. The number of carboxylic acid groups (broad SMARTS) is 2. The minimum Gasteiger partial charge on any atom is -0.481 e. The van der Waals surface area contributed by atoms with Crippen molar-refractivity contribution in [3.05, 3.63) is 11.8 Å². The molecule has 0 aliphatic carbocycles. The van der Waals surface area contributed by atoms with Gasteiger partial charge in [-0.2, -0.15) is 9.97 Å². The van der Waals surface area contributed by atoms with Crippen LogP contribution < -0.4 is 16.8 Å². The number of nitrogens with zero attached hydrogens (tertiary/aromatic N) is 3. The van der Waals surface area contributed by atoms with Crippen LogP contribution in [0.25, 0.3) is 11.0 Å². The Morgan fingerprint density at radius 1 is 1.19 bits per heavy atom. The first kappa shape index (κ1) is 23.9. The number of hydrogen-bond donors (Lipinski definition) is 6. The Morgan fingerprint density at radius 2 is 1.94 bits per heavy atom. The zero-order valence-corrected chi connectivity index (χ0v) is 17.4. The molecule has 2 heterocycles. The van der Waals surface area contributed by atoms with E-state index in [1.54, 1.807) is 0 Å². The van der Waals surface area contributed by atoms with Crippen molar-refractivity contribution in [2.45, 2.75) is 45.1 Å². The Morgan fingerprint density at radius 3 is 2.58 bits per heavy atom. The lowest BCUT2D eigenvalue weighted by Gasteiger charge is -2.20. The number of carbonyl (C=O) groups excluding carboxylic acids is 1. The number of carbonyl (C=O) groups is 3. The van der Waals surface area contributed by atoms with Crippen LogP contribution in [0.15, 0.2) is 6.20 Å². The van der Waals surface area contributed by atoms with Crippen molar-refractivity contribution in [1.29, 1.82) is 0 Å². The summed E-state index contributed by atoms with van der Waals surface area (Å²) < 4.78 is 0. The number of nitrogen functional groups attached to an aromatic ring is 2. The molecule has 0 radical (unpaired) electrons.